The van der Waals surface area contributed by atoms with E-state index in [4.69, 9.17) is 4.74 Å². The number of carbonyl (C=O) groups excluding carboxylic acids is 2. The molecule has 1 saturated carbocycles. The molecule has 2 amide bonds. The molecule has 1 aromatic carbocycles. The molecule has 1 saturated heterocycles. The van der Waals surface area contributed by atoms with Crippen LogP contribution in [0.25, 0.3) is 0 Å². The first kappa shape index (κ1) is 15.0. The number of hydrogen-bond donors (Lipinski definition) is 1. The van der Waals surface area contributed by atoms with Crippen LogP contribution in [0.15, 0.2) is 24.3 Å². The molecule has 0 aromatic heterocycles. The van der Waals surface area contributed by atoms with Gasteiger partial charge >= 0.3 is 0 Å². The number of nitrogens with one attached hydrogen (secondary N) is 1. The Kier molecular flexibility index (Phi) is 4.43. The van der Waals surface area contributed by atoms with Crippen molar-refractivity contribution in [1.29, 1.82) is 0 Å². The quantitative estimate of drug-likeness (QED) is 0.930. The summed E-state index contributed by atoms with van der Waals surface area (Å²) >= 11 is 0. The Hall–Kier alpha value is -1.88. The molecule has 118 valence electrons. The molecule has 2 aliphatic rings. The lowest BCUT2D eigenvalue weighted by atomic mass is 10.1. The maximum Gasteiger partial charge on any atom is 0.227 e. The van der Waals surface area contributed by atoms with Gasteiger partial charge < -0.3 is 15.0 Å². The first-order valence-corrected chi connectivity index (χ1v) is 7.93. The van der Waals surface area contributed by atoms with E-state index >= 15 is 0 Å². The Labute approximate surface area is 130 Å². The van der Waals surface area contributed by atoms with E-state index in [0.717, 1.165) is 37.1 Å². The number of hydrogen-bond acceptors (Lipinski definition) is 3. The molecular formula is C17H22N2O3. The van der Waals surface area contributed by atoms with E-state index in [1.165, 1.54) is 0 Å². The zero-order valence-electron chi connectivity index (χ0n) is 12.9. The summed E-state index contributed by atoms with van der Waals surface area (Å²) in [5, 5.41) is 2.92. The van der Waals surface area contributed by atoms with Gasteiger partial charge in [0.05, 0.1) is 0 Å². The summed E-state index contributed by atoms with van der Waals surface area (Å²) in [6, 6.07) is 7.73. The van der Waals surface area contributed by atoms with Crippen LogP contribution < -0.4 is 10.2 Å². The zero-order valence-corrected chi connectivity index (χ0v) is 12.9. The number of ether oxygens (including phenoxy) is 1. The van der Waals surface area contributed by atoms with E-state index in [1.807, 2.05) is 29.2 Å². The SMILES string of the molecule is CC(=O)N(c1ccc(NC(=O)C2CC2)cc1)C1CCOCC1. The van der Waals surface area contributed by atoms with Gasteiger partial charge in [-0.25, -0.2) is 0 Å². The van der Waals surface area contributed by atoms with Gasteiger partial charge in [-0.1, -0.05) is 0 Å². The molecule has 5 nitrogen and oxygen atoms in total. The molecule has 3 rings (SSSR count). The van der Waals surface area contributed by atoms with Gasteiger partial charge in [0.1, 0.15) is 0 Å². The van der Waals surface area contributed by atoms with Crippen LogP contribution in [0, 0.1) is 5.92 Å². The van der Waals surface area contributed by atoms with Crippen LogP contribution in [-0.2, 0) is 14.3 Å². The lowest BCUT2D eigenvalue weighted by Gasteiger charge is -2.33. The minimum Gasteiger partial charge on any atom is -0.381 e. The topological polar surface area (TPSA) is 58.6 Å². The summed E-state index contributed by atoms with van der Waals surface area (Å²) in [6.07, 6.45) is 3.71. The summed E-state index contributed by atoms with van der Waals surface area (Å²) in [4.78, 5) is 25.6. The van der Waals surface area contributed by atoms with Crippen molar-refractivity contribution in [3.63, 3.8) is 0 Å². The second kappa shape index (κ2) is 6.48. The fourth-order valence-electron chi connectivity index (χ4n) is 2.89. The maximum absolute atomic E-state index is 12.0. The molecule has 0 unspecified atom stereocenters. The van der Waals surface area contributed by atoms with Crippen LogP contribution in [-0.4, -0.2) is 31.1 Å². The highest BCUT2D eigenvalue weighted by molar-refractivity contribution is 5.95. The third-order valence-corrected chi connectivity index (χ3v) is 4.26. The number of amides is 2. The van der Waals surface area contributed by atoms with Crippen LogP contribution >= 0.6 is 0 Å². The Morgan fingerprint density at radius 3 is 2.27 bits per heavy atom. The Balaban J connectivity index is 1.70. The predicted octanol–water partition coefficient (Wildman–Crippen LogP) is 2.57. The molecule has 0 bridgehead atoms. The number of benzene rings is 1. The van der Waals surface area contributed by atoms with E-state index in [9.17, 15) is 9.59 Å². The standard InChI is InChI=1S/C17H22N2O3/c1-12(20)19(16-8-10-22-11-9-16)15-6-4-14(5-7-15)18-17(21)13-2-3-13/h4-7,13,16H,2-3,8-11H2,1H3,(H,18,21). The molecule has 1 aliphatic carbocycles. The minimum atomic E-state index is 0.0432. The van der Waals surface area contributed by atoms with Crippen molar-refractivity contribution in [3.05, 3.63) is 24.3 Å². The van der Waals surface area contributed by atoms with Crippen LogP contribution in [0.4, 0.5) is 11.4 Å². The molecule has 22 heavy (non-hydrogen) atoms. The van der Waals surface area contributed by atoms with E-state index in [-0.39, 0.29) is 23.8 Å². The molecular weight excluding hydrogens is 280 g/mol. The van der Waals surface area contributed by atoms with Gasteiger partial charge in [-0.2, -0.15) is 0 Å². The third-order valence-electron chi connectivity index (χ3n) is 4.26. The van der Waals surface area contributed by atoms with Gasteiger partial charge in [0.25, 0.3) is 0 Å². The van der Waals surface area contributed by atoms with E-state index in [1.54, 1.807) is 6.92 Å². The van der Waals surface area contributed by atoms with Gasteiger partial charge in [-0.05, 0) is 49.9 Å². The van der Waals surface area contributed by atoms with Gasteiger partial charge in [-0.15, -0.1) is 0 Å². The summed E-state index contributed by atoms with van der Waals surface area (Å²) < 4.78 is 5.37. The Morgan fingerprint density at radius 2 is 1.73 bits per heavy atom. The second-order valence-corrected chi connectivity index (χ2v) is 6.04. The molecule has 1 aromatic rings. The van der Waals surface area contributed by atoms with Crippen molar-refractivity contribution in [2.24, 2.45) is 5.92 Å². The van der Waals surface area contributed by atoms with E-state index < -0.39 is 0 Å². The summed E-state index contributed by atoms with van der Waals surface area (Å²) in [5.41, 5.74) is 1.67. The predicted molar refractivity (Wildman–Crippen MR) is 84.8 cm³/mol. The molecule has 0 atom stereocenters. The molecule has 0 radical (unpaired) electrons. The second-order valence-electron chi connectivity index (χ2n) is 6.04. The van der Waals surface area contributed by atoms with Crippen molar-refractivity contribution < 1.29 is 14.3 Å². The highest BCUT2D eigenvalue weighted by atomic mass is 16.5. The zero-order chi connectivity index (χ0) is 15.5. The van der Waals surface area contributed by atoms with Crippen molar-refractivity contribution in [2.45, 2.75) is 38.6 Å². The number of rotatable bonds is 4. The van der Waals surface area contributed by atoms with Gasteiger partial charge in [0.15, 0.2) is 0 Å². The van der Waals surface area contributed by atoms with Crippen LogP contribution in [0.1, 0.15) is 32.6 Å². The van der Waals surface area contributed by atoms with Gasteiger partial charge in [0.2, 0.25) is 11.8 Å². The fourth-order valence-corrected chi connectivity index (χ4v) is 2.89. The normalized spacial score (nSPS) is 18.8. The summed E-state index contributed by atoms with van der Waals surface area (Å²) in [5.74, 6) is 0.331. The smallest absolute Gasteiger partial charge is 0.227 e. The highest BCUT2D eigenvalue weighted by Crippen LogP contribution is 2.30. The number of anilines is 2. The van der Waals surface area contributed by atoms with Crippen molar-refractivity contribution >= 4 is 23.2 Å². The van der Waals surface area contributed by atoms with Crippen molar-refractivity contribution in [3.8, 4) is 0 Å². The fraction of sp³-hybridized carbons (Fsp3) is 0.529. The molecule has 1 aliphatic heterocycles. The monoisotopic (exact) mass is 302 g/mol. The Bertz CT molecular complexity index is 546. The summed E-state index contributed by atoms with van der Waals surface area (Å²) in [6.45, 7) is 2.99. The first-order chi connectivity index (χ1) is 10.6. The molecule has 5 heteroatoms. The average molecular weight is 302 g/mol. The number of carbonyl (C=O) groups is 2. The third kappa shape index (κ3) is 3.47. The lowest BCUT2D eigenvalue weighted by molar-refractivity contribution is -0.118. The van der Waals surface area contributed by atoms with Crippen LogP contribution in [0.3, 0.4) is 0 Å². The van der Waals surface area contributed by atoms with Crippen molar-refractivity contribution in [1.82, 2.24) is 0 Å². The van der Waals surface area contributed by atoms with E-state index in [2.05, 4.69) is 5.32 Å². The summed E-state index contributed by atoms with van der Waals surface area (Å²) in [7, 11) is 0. The van der Waals surface area contributed by atoms with Gasteiger partial charge in [-0.3, -0.25) is 9.59 Å². The first-order valence-electron chi connectivity index (χ1n) is 7.93. The molecule has 2 fully saturated rings. The van der Waals surface area contributed by atoms with Gasteiger partial charge in [0, 0.05) is 43.5 Å². The lowest BCUT2D eigenvalue weighted by Crippen LogP contribution is -2.42. The Morgan fingerprint density at radius 1 is 1.09 bits per heavy atom. The average Bonchev–Trinajstić information content (AvgIpc) is 3.35. The molecule has 0 spiro atoms. The largest absolute Gasteiger partial charge is 0.381 e. The van der Waals surface area contributed by atoms with Crippen LogP contribution in [0.2, 0.25) is 0 Å². The maximum atomic E-state index is 12.0. The van der Waals surface area contributed by atoms with Crippen molar-refractivity contribution in [2.75, 3.05) is 23.4 Å². The van der Waals surface area contributed by atoms with E-state index in [0.29, 0.717) is 13.2 Å². The molecule has 1 N–H and O–H groups in total. The minimum absolute atomic E-state index is 0.0432. The van der Waals surface area contributed by atoms with Crippen LogP contribution in [0.5, 0.6) is 0 Å². The number of nitrogens with zero attached hydrogens (tertiary/aromatic N) is 1. The highest BCUT2D eigenvalue weighted by Gasteiger charge is 2.29. The molecule has 1 heterocycles.